The van der Waals surface area contributed by atoms with E-state index in [4.69, 9.17) is 4.74 Å². The number of benzene rings is 1. The van der Waals surface area contributed by atoms with Crippen LogP contribution in [0, 0.1) is 13.8 Å². The molecule has 1 aromatic carbocycles. The van der Waals surface area contributed by atoms with E-state index in [1.54, 1.807) is 24.3 Å². The highest BCUT2D eigenvalue weighted by Gasteiger charge is 2.21. The van der Waals surface area contributed by atoms with Crippen LogP contribution in [0.4, 0.5) is 5.69 Å². The summed E-state index contributed by atoms with van der Waals surface area (Å²) in [5.74, 6) is -0.685. The molecule has 3 rings (SSSR count). The van der Waals surface area contributed by atoms with Crippen LogP contribution in [0.15, 0.2) is 35.4 Å². The van der Waals surface area contributed by atoms with E-state index in [0.29, 0.717) is 23.2 Å². The summed E-state index contributed by atoms with van der Waals surface area (Å²) in [7, 11) is 1.31. The number of fused-ring (bicyclic) bond motifs is 1. The first kappa shape index (κ1) is 20.7. The summed E-state index contributed by atoms with van der Waals surface area (Å²) < 4.78 is 6.29. The quantitative estimate of drug-likeness (QED) is 0.579. The lowest BCUT2D eigenvalue weighted by Crippen LogP contribution is -2.33. The van der Waals surface area contributed by atoms with Gasteiger partial charge in [0, 0.05) is 24.4 Å². The summed E-state index contributed by atoms with van der Waals surface area (Å²) in [5.41, 5.74) is 1.62. The number of ether oxygens (including phenoxy) is 1. The Hall–Kier alpha value is -3.00. The van der Waals surface area contributed by atoms with Gasteiger partial charge in [-0.2, -0.15) is 0 Å². The van der Waals surface area contributed by atoms with Crippen molar-refractivity contribution >= 4 is 39.1 Å². The van der Waals surface area contributed by atoms with E-state index in [9.17, 15) is 14.4 Å². The average molecular weight is 413 g/mol. The van der Waals surface area contributed by atoms with Crippen LogP contribution in [0.25, 0.3) is 10.2 Å². The summed E-state index contributed by atoms with van der Waals surface area (Å²) >= 11 is 1.49. The van der Waals surface area contributed by atoms with Crippen LogP contribution in [0.5, 0.6) is 0 Å². The number of nitrogens with zero attached hydrogens (tertiary/aromatic N) is 3. The van der Waals surface area contributed by atoms with Gasteiger partial charge in [0.1, 0.15) is 4.83 Å². The molecule has 152 valence electrons. The summed E-state index contributed by atoms with van der Waals surface area (Å²) in [6.07, 6.45) is 1.60. The van der Waals surface area contributed by atoms with Crippen molar-refractivity contribution in [3.8, 4) is 0 Å². The number of hydrogen-bond acceptors (Lipinski definition) is 6. The highest BCUT2D eigenvalue weighted by atomic mass is 32.1. The number of hydrogen-bond donors (Lipinski definition) is 0. The lowest BCUT2D eigenvalue weighted by atomic mass is 10.1. The number of para-hydroxylation sites is 1. The molecule has 0 atom stereocenters. The molecule has 0 radical (unpaired) electrons. The fraction of sp³-hybridized carbons (Fsp3) is 0.333. The van der Waals surface area contributed by atoms with Gasteiger partial charge in [0.15, 0.2) is 0 Å². The largest absolute Gasteiger partial charge is 0.465 e. The number of thiophene rings is 1. The van der Waals surface area contributed by atoms with E-state index < -0.39 is 5.97 Å². The number of aryl methyl sites for hydroxylation is 3. The first-order valence-corrected chi connectivity index (χ1v) is 10.1. The van der Waals surface area contributed by atoms with Gasteiger partial charge in [0.2, 0.25) is 5.91 Å². The van der Waals surface area contributed by atoms with Crippen molar-refractivity contribution in [1.29, 1.82) is 0 Å². The van der Waals surface area contributed by atoms with E-state index in [1.807, 2.05) is 20.8 Å². The number of aromatic nitrogens is 2. The molecule has 0 aliphatic carbocycles. The highest BCUT2D eigenvalue weighted by molar-refractivity contribution is 7.18. The predicted octanol–water partition coefficient (Wildman–Crippen LogP) is 3.30. The zero-order valence-electron chi connectivity index (χ0n) is 16.9. The first-order chi connectivity index (χ1) is 13.9. The van der Waals surface area contributed by atoms with Crippen molar-refractivity contribution in [2.75, 3.05) is 18.6 Å². The van der Waals surface area contributed by atoms with Crippen molar-refractivity contribution < 1.29 is 14.3 Å². The third-order valence-corrected chi connectivity index (χ3v) is 6.06. The number of carbonyl (C=O) groups excluding carboxylic acids is 2. The second kappa shape index (κ2) is 8.57. The van der Waals surface area contributed by atoms with Crippen LogP contribution in [-0.4, -0.2) is 35.1 Å². The number of anilines is 1. The Kier molecular flexibility index (Phi) is 6.12. The second-order valence-corrected chi connectivity index (χ2v) is 7.81. The molecule has 0 fully saturated rings. The molecule has 2 aromatic heterocycles. The molecule has 0 spiro atoms. The minimum absolute atomic E-state index is 0.110. The Balaban J connectivity index is 1.84. The van der Waals surface area contributed by atoms with E-state index in [0.717, 1.165) is 15.3 Å². The number of rotatable bonds is 6. The molecule has 0 saturated carbocycles. The molecular weight excluding hydrogens is 390 g/mol. The molecule has 1 amide bonds. The molecule has 0 bridgehead atoms. The number of esters is 1. The maximum Gasteiger partial charge on any atom is 0.339 e. The summed E-state index contributed by atoms with van der Waals surface area (Å²) in [4.78, 5) is 45.4. The predicted molar refractivity (Wildman–Crippen MR) is 114 cm³/mol. The van der Waals surface area contributed by atoms with Gasteiger partial charge in [-0.1, -0.05) is 12.1 Å². The zero-order chi connectivity index (χ0) is 21.1. The normalized spacial score (nSPS) is 10.9. The number of methoxy groups -OCH3 is 1. The van der Waals surface area contributed by atoms with Crippen molar-refractivity contribution in [2.45, 2.75) is 33.7 Å². The van der Waals surface area contributed by atoms with Gasteiger partial charge in [0.05, 0.1) is 30.1 Å². The van der Waals surface area contributed by atoms with Crippen LogP contribution in [0.3, 0.4) is 0 Å². The summed E-state index contributed by atoms with van der Waals surface area (Å²) in [6.45, 7) is 6.32. The lowest BCUT2D eigenvalue weighted by Gasteiger charge is -2.23. The third-order valence-electron chi connectivity index (χ3n) is 4.94. The lowest BCUT2D eigenvalue weighted by molar-refractivity contribution is -0.118. The van der Waals surface area contributed by atoms with E-state index in [2.05, 4.69) is 4.98 Å². The highest BCUT2D eigenvalue weighted by Crippen LogP contribution is 2.25. The molecule has 8 heteroatoms. The van der Waals surface area contributed by atoms with Crippen molar-refractivity contribution in [1.82, 2.24) is 9.55 Å². The maximum absolute atomic E-state index is 12.9. The van der Waals surface area contributed by atoms with Gasteiger partial charge in [-0.3, -0.25) is 14.2 Å². The topological polar surface area (TPSA) is 81.5 Å². The van der Waals surface area contributed by atoms with Crippen LogP contribution in [0.1, 0.15) is 34.1 Å². The fourth-order valence-corrected chi connectivity index (χ4v) is 4.24. The van der Waals surface area contributed by atoms with Crippen LogP contribution in [0.2, 0.25) is 0 Å². The molecule has 0 aliphatic heterocycles. The van der Waals surface area contributed by atoms with Crippen LogP contribution >= 0.6 is 11.3 Å². The second-order valence-electron chi connectivity index (χ2n) is 6.60. The number of carbonyl (C=O) groups is 2. The van der Waals surface area contributed by atoms with Gasteiger partial charge >= 0.3 is 5.97 Å². The van der Waals surface area contributed by atoms with Gasteiger partial charge < -0.3 is 9.64 Å². The Labute approximate surface area is 172 Å². The summed E-state index contributed by atoms with van der Waals surface area (Å²) in [5, 5.41) is 0.617. The Morgan fingerprint density at radius 1 is 1.24 bits per heavy atom. The molecule has 7 nitrogen and oxygen atoms in total. The van der Waals surface area contributed by atoms with E-state index in [-0.39, 0.29) is 24.4 Å². The maximum atomic E-state index is 12.9. The molecular formula is C21H23N3O4S. The standard InChI is InChI=1S/C21H23N3O4S/c1-5-24(16-9-7-6-8-15(16)21(27)28-4)17(25)10-11-23-12-22-19-18(20(23)26)13(2)14(3)29-19/h6-9,12H,5,10-11H2,1-4H3. The Morgan fingerprint density at radius 2 is 1.97 bits per heavy atom. The SMILES string of the molecule is CCN(C(=O)CCn1cnc2sc(C)c(C)c2c1=O)c1ccccc1C(=O)OC. The average Bonchev–Trinajstić information content (AvgIpc) is 3.02. The molecule has 3 aromatic rings. The van der Waals surface area contributed by atoms with Crippen molar-refractivity contribution in [3.63, 3.8) is 0 Å². The van der Waals surface area contributed by atoms with Crippen LogP contribution in [-0.2, 0) is 16.1 Å². The fourth-order valence-electron chi connectivity index (χ4n) is 3.25. The van der Waals surface area contributed by atoms with E-state index >= 15 is 0 Å². The van der Waals surface area contributed by atoms with E-state index in [1.165, 1.54) is 34.2 Å². The van der Waals surface area contributed by atoms with Crippen LogP contribution < -0.4 is 10.5 Å². The third kappa shape index (κ3) is 3.93. The monoisotopic (exact) mass is 413 g/mol. The minimum Gasteiger partial charge on any atom is -0.465 e. The van der Waals surface area contributed by atoms with Crippen molar-refractivity contribution in [3.05, 3.63) is 57.0 Å². The smallest absolute Gasteiger partial charge is 0.339 e. The Morgan fingerprint density at radius 3 is 2.66 bits per heavy atom. The van der Waals surface area contributed by atoms with Crippen molar-refractivity contribution in [2.24, 2.45) is 0 Å². The zero-order valence-corrected chi connectivity index (χ0v) is 17.7. The van der Waals surface area contributed by atoms with Gasteiger partial charge in [-0.15, -0.1) is 11.3 Å². The molecule has 2 heterocycles. The van der Waals surface area contributed by atoms with Gasteiger partial charge in [-0.05, 0) is 38.5 Å². The number of amides is 1. The molecule has 0 unspecified atom stereocenters. The molecule has 0 saturated heterocycles. The first-order valence-electron chi connectivity index (χ1n) is 9.31. The summed E-state index contributed by atoms with van der Waals surface area (Å²) in [6, 6.07) is 6.83. The molecule has 0 aliphatic rings. The van der Waals surface area contributed by atoms with Gasteiger partial charge in [0.25, 0.3) is 5.56 Å². The van der Waals surface area contributed by atoms with Gasteiger partial charge in [-0.25, -0.2) is 9.78 Å². The molecule has 29 heavy (non-hydrogen) atoms. The Bertz CT molecular complexity index is 1130. The molecule has 0 N–H and O–H groups in total. The minimum atomic E-state index is -0.499.